The van der Waals surface area contributed by atoms with Crippen LogP contribution in [0.3, 0.4) is 0 Å². The van der Waals surface area contributed by atoms with Gasteiger partial charge in [-0.3, -0.25) is 9.59 Å². The van der Waals surface area contributed by atoms with Crippen molar-refractivity contribution in [3.8, 4) is 57.5 Å². The minimum Gasteiger partial charge on any atom is -0.571 e. The Morgan fingerprint density at radius 1 is 0.505 bits per heavy atom. The summed E-state index contributed by atoms with van der Waals surface area (Å²) in [6, 6.07) is 10.6. The molecule has 21 atom stereocenters. The summed E-state index contributed by atoms with van der Waals surface area (Å²) in [6.07, 6.45) is -40.9. The average Bonchev–Trinajstić information content (AvgIpc) is 0.766. The Morgan fingerprint density at radius 2 is 1.06 bits per heavy atom. The van der Waals surface area contributed by atoms with Crippen LogP contribution >= 0.6 is 0 Å². The fraction of sp³-hybridized carbons (Fsp3) is 0.417. The molecule has 5 heterocycles. The van der Waals surface area contributed by atoms with E-state index in [1.807, 2.05) is 0 Å². The summed E-state index contributed by atoms with van der Waals surface area (Å²) in [5.41, 5.74) is -0.377. The number of hydrogen-bond donors (Lipinski definition) is 20. The zero-order chi connectivity index (χ0) is 70.6. The van der Waals surface area contributed by atoms with Gasteiger partial charge in [0.05, 0.1) is 18.2 Å². The first-order valence-electron chi connectivity index (χ1n) is 28.8. The lowest BCUT2D eigenvalue weighted by atomic mass is 9.96. The second-order valence-corrected chi connectivity index (χ2v) is 22.2. The van der Waals surface area contributed by atoms with E-state index in [1.165, 1.54) is 18.2 Å². The first-order chi connectivity index (χ1) is 45.9. The van der Waals surface area contributed by atoms with Crippen LogP contribution < -0.4 is 9.47 Å². The summed E-state index contributed by atoms with van der Waals surface area (Å²) in [5.74, 6) is -14.7. The molecule has 1 unspecified atom stereocenters. The molecule has 4 fully saturated rings. The van der Waals surface area contributed by atoms with Crippen LogP contribution in [-0.4, -0.2) is 279 Å². The summed E-state index contributed by atoms with van der Waals surface area (Å²) >= 11 is 0. The van der Waals surface area contributed by atoms with E-state index >= 15 is 0 Å². The molecular weight excluding hydrogens is 1310 g/mol. The molecule has 0 aromatic heterocycles. The number of rotatable bonds is 22. The van der Waals surface area contributed by atoms with Gasteiger partial charge >= 0.3 is 29.8 Å². The normalized spacial score (nSPS) is 31.8. The van der Waals surface area contributed by atoms with Crippen molar-refractivity contribution >= 4 is 48.1 Å². The Kier molecular flexibility index (Phi) is 22.5. The first-order valence-corrected chi connectivity index (χ1v) is 28.8. The molecule has 37 heteroatoms. The Morgan fingerprint density at radius 3 is 1.67 bits per heavy atom. The third-order valence-corrected chi connectivity index (χ3v) is 15.5. The van der Waals surface area contributed by atoms with Gasteiger partial charge in [-0.05, 0) is 59.7 Å². The van der Waals surface area contributed by atoms with Gasteiger partial charge in [-0.25, -0.2) is 14.4 Å². The Labute approximate surface area is 543 Å². The number of aliphatic hydroxyl groups excluding tert-OH is 11. The van der Waals surface area contributed by atoms with Gasteiger partial charge in [0.1, 0.15) is 116 Å². The van der Waals surface area contributed by atoms with Crippen molar-refractivity contribution in [2.24, 2.45) is 0 Å². The molecule has 0 spiro atoms. The maximum absolute atomic E-state index is 13.4. The number of phenolic OH excluding ortho intramolecular Hbond substituents is 7. The number of aliphatic carboxylic acids is 2. The molecule has 37 nitrogen and oxygen atoms in total. The molecule has 0 aliphatic carbocycles. The molecule has 0 saturated carbocycles. The fourth-order valence-corrected chi connectivity index (χ4v) is 10.3. The van der Waals surface area contributed by atoms with E-state index in [4.69, 9.17) is 52.1 Å². The predicted octanol–water partition coefficient (Wildman–Crippen LogP) is -4.39. The van der Waals surface area contributed by atoms with E-state index in [0.29, 0.717) is 0 Å². The van der Waals surface area contributed by atoms with Crippen molar-refractivity contribution in [3.63, 3.8) is 0 Å². The van der Waals surface area contributed by atoms with Crippen molar-refractivity contribution in [2.45, 2.75) is 135 Å². The molecule has 97 heavy (non-hydrogen) atoms. The number of hydrogen-bond acceptors (Lipinski definition) is 34. The number of ether oxygens (including phenoxy) is 12. The SMILES string of the molecule is O=C(O)CC(=O)OC[C@H]1O[C@@H](OC2=Cc3c(O)cc(O[C@@H]4O[C@H](COC(=O)/C=C/c5ccc(O)c(O)c5)[C@@H](O)[C@H](O)[C@H]4O)cc3[OH+]C2c2cc(O)c(O)c(O[C@@H]3O[C@H](C(=O)O)[C@@H](O)[C@H](O)[C@H]3O)c2)[C@H](O[C@@H]2O[C@H](CO)[C@@H](O)[C@H](O)[C@H]2OC(=O)/C=C/c2ccc(O)c(O)c2)[C@@H](O)[C@H]1O. The highest BCUT2D eigenvalue weighted by molar-refractivity contribution is 5.90. The molecule has 0 amide bonds. The zero-order valence-corrected chi connectivity index (χ0v) is 49.5. The molecule has 9 rings (SSSR count). The molecule has 5 aliphatic rings. The first kappa shape index (κ1) is 71.9. The number of carboxylic acids is 2. The van der Waals surface area contributed by atoms with E-state index < -0.39 is 248 Å². The Bertz CT molecular complexity index is 3630. The number of carboxylic acid groups (broad SMARTS) is 2. The van der Waals surface area contributed by atoms with E-state index in [0.717, 1.165) is 72.8 Å². The molecule has 21 N–H and O–H groups in total. The quantitative estimate of drug-likeness (QED) is 0.00882. The topological polar surface area (TPSA) is 604 Å². The largest absolute Gasteiger partial charge is 0.571 e. The van der Waals surface area contributed by atoms with Gasteiger partial charge in [0.25, 0.3) is 11.9 Å². The standard InChI is InChI=1S/C60H64O37/c61-17-34-42(74)47(79)54(95-39(71)8-4-21-2-6-26(63)29(66)10-21)60(92-34)97-55-48(80)44(76)36(19-87-40(72)16-37(68)69)94-59(55)91-33-15-24-27(64)13-23(88-57-50(82)45(77)43(75)35(93-57)18-86-38(70)7-3-20-1-5-25(62)28(65)9-20)14-31(24)89-52(33)22-11-30(67)41(73)32(12-22)90-58-51(83)46(78)49(81)53(96-58)56(84)85/h1-15,34-36,42-55,57-67,73-83H,16-19H2,(H,68,69)(H,84,85)/p+1/b7-3+,8-4+/t34-,35-,36-,42-,43-,44+,45+,46+,47+,48+,49+,50-,51-,52?,53+,54-,55-,57-,58-,59-,60+/m1/s1. The lowest BCUT2D eigenvalue weighted by Crippen LogP contribution is -2.65. The monoisotopic (exact) mass is 1380 g/mol. The van der Waals surface area contributed by atoms with Crippen LogP contribution in [0, 0.1) is 0 Å². The predicted molar refractivity (Wildman–Crippen MR) is 309 cm³/mol. The van der Waals surface area contributed by atoms with Gasteiger partial charge in [0.2, 0.25) is 24.6 Å². The van der Waals surface area contributed by atoms with Gasteiger partial charge in [-0.2, -0.15) is 0 Å². The molecule has 4 aromatic carbocycles. The molecular formula is C60H65O37+. The van der Waals surface area contributed by atoms with Gasteiger partial charge in [-0.1, -0.05) is 12.1 Å². The van der Waals surface area contributed by atoms with Crippen LogP contribution in [-0.2, 0) is 66.6 Å². The van der Waals surface area contributed by atoms with Crippen LogP contribution in [0.4, 0.5) is 0 Å². The highest BCUT2D eigenvalue weighted by atomic mass is 16.8. The average molecular weight is 1380 g/mol. The number of aromatic hydroxyl groups is 8. The Balaban J connectivity index is 1.08. The summed E-state index contributed by atoms with van der Waals surface area (Å²) < 4.78 is 67.0. The number of fused-ring (bicyclic) bond motifs is 1. The van der Waals surface area contributed by atoms with Gasteiger partial charge < -0.3 is 159 Å². The fourth-order valence-electron chi connectivity index (χ4n) is 10.3. The maximum atomic E-state index is 13.4. The van der Waals surface area contributed by atoms with Crippen molar-refractivity contribution in [3.05, 3.63) is 101 Å². The van der Waals surface area contributed by atoms with Crippen molar-refractivity contribution in [1.29, 1.82) is 0 Å². The number of aliphatic hydroxyl groups is 12. The summed E-state index contributed by atoms with van der Waals surface area (Å²) in [4.78, 5) is 62.0. The number of carbonyl (C=O) groups is 5. The van der Waals surface area contributed by atoms with Crippen molar-refractivity contribution < 1.29 is 183 Å². The number of carbonyl (C=O) groups excluding carboxylic acids is 3. The van der Waals surface area contributed by atoms with Crippen LogP contribution in [0.15, 0.2) is 78.6 Å². The summed E-state index contributed by atoms with van der Waals surface area (Å²) in [5, 5.41) is 213. The second kappa shape index (κ2) is 30.4. The molecule has 526 valence electrons. The lowest BCUT2D eigenvalue weighted by Gasteiger charge is -2.46. The highest BCUT2D eigenvalue weighted by Crippen LogP contribution is 2.49. The van der Waals surface area contributed by atoms with Gasteiger partial charge in [0.15, 0.2) is 64.9 Å². The number of benzene rings is 4. The number of esters is 3. The smallest absolute Gasteiger partial charge is 0.335 e. The molecule has 0 radical (unpaired) electrons. The molecule has 5 aliphatic heterocycles. The van der Waals surface area contributed by atoms with E-state index in [9.17, 15) is 126 Å². The van der Waals surface area contributed by atoms with Crippen molar-refractivity contribution in [2.75, 3.05) is 19.8 Å². The van der Waals surface area contributed by atoms with E-state index in [2.05, 4.69) is 4.74 Å². The highest BCUT2D eigenvalue weighted by Gasteiger charge is 2.55. The van der Waals surface area contributed by atoms with E-state index in [1.54, 1.807) is 0 Å². The van der Waals surface area contributed by atoms with Crippen LogP contribution in [0.1, 0.15) is 34.8 Å². The Hall–Kier alpha value is -9.39. The lowest BCUT2D eigenvalue weighted by molar-refractivity contribution is -0.364. The summed E-state index contributed by atoms with van der Waals surface area (Å²) in [7, 11) is 0. The summed E-state index contributed by atoms with van der Waals surface area (Å²) in [6.45, 7) is -2.93. The molecule has 4 saturated heterocycles. The van der Waals surface area contributed by atoms with E-state index in [-0.39, 0.29) is 22.4 Å². The number of phenols is 7. The molecule has 4 aromatic rings. The molecule has 0 bridgehead atoms. The van der Waals surface area contributed by atoms with Gasteiger partial charge in [0, 0.05) is 24.3 Å². The minimum atomic E-state index is -2.39. The van der Waals surface area contributed by atoms with Crippen molar-refractivity contribution in [1.82, 2.24) is 0 Å². The second-order valence-electron chi connectivity index (χ2n) is 22.2. The van der Waals surface area contributed by atoms with Crippen LogP contribution in [0.5, 0.6) is 57.5 Å². The van der Waals surface area contributed by atoms with Gasteiger partial charge in [-0.15, -0.1) is 0 Å². The zero-order valence-electron chi connectivity index (χ0n) is 49.5. The van der Waals surface area contributed by atoms with Crippen LogP contribution in [0.2, 0.25) is 0 Å². The minimum absolute atomic E-state index is 0.122. The van der Waals surface area contributed by atoms with Crippen LogP contribution in [0.25, 0.3) is 18.2 Å². The third-order valence-electron chi connectivity index (χ3n) is 15.5. The third kappa shape index (κ3) is 16.4. The maximum Gasteiger partial charge on any atom is 0.335 e.